The molecule has 3 aliphatic heterocycles. The van der Waals surface area contributed by atoms with Crippen molar-refractivity contribution in [1.82, 2.24) is 15.1 Å². The quantitative estimate of drug-likeness (QED) is 0.882. The van der Waals surface area contributed by atoms with E-state index in [1.54, 1.807) is 0 Å². The van der Waals surface area contributed by atoms with Gasteiger partial charge in [-0.1, -0.05) is 12.1 Å². The molecule has 25 heavy (non-hydrogen) atoms. The summed E-state index contributed by atoms with van der Waals surface area (Å²) in [6.07, 6.45) is 2.16. The summed E-state index contributed by atoms with van der Waals surface area (Å²) >= 11 is 0. The Hall–Kier alpha value is -2.08. The standard InChI is InChI=1S/C19H25N3O3/c23-18-4-2-16(12-20-18)19(24)22-8-6-21(7-9-22)13-14-1-3-17-15(11-14)5-10-25-17/h1,3,11,16H,2,4-10,12-13H2,(H,20,23)/t16-/m0/s1. The largest absolute Gasteiger partial charge is 0.493 e. The molecule has 4 rings (SSSR count). The minimum Gasteiger partial charge on any atom is -0.493 e. The molecule has 2 fully saturated rings. The van der Waals surface area contributed by atoms with Crippen LogP contribution in [0.3, 0.4) is 0 Å². The Labute approximate surface area is 148 Å². The molecule has 0 aliphatic carbocycles. The van der Waals surface area contributed by atoms with E-state index >= 15 is 0 Å². The number of amides is 2. The second kappa shape index (κ2) is 7.04. The smallest absolute Gasteiger partial charge is 0.227 e. The number of fused-ring (bicyclic) bond motifs is 1. The van der Waals surface area contributed by atoms with Gasteiger partial charge in [-0.2, -0.15) is 0 Å². The van der Waals surface area contributed by atoms with Crippen molar-refractivity contribution >= 4 is 11.8 Å². The molecule has 1 atom stereocenters. The molecule has 1 N–H and O–H groups in total. The monoisotopic (exact) mass is 343 g/mol. The lowest BCUT2D eigenvalue weighted by atomic mass is 9.97. The summed E-state index contributed by atoms with van der Waals surface area (Å²) in [4.78, 5) is 28.2. The van der Waals surface area contributed by atoms with Crippen molar-refractivity contribution in [3.63, 3.8) is 0 Å². The number of rotatable bonds is 3. The molecule has 2 amide bonds. The van der Waals surface area contributed by atoms with Crippen molar-refractivity contribution < 1.29 is 14.3 Å². The molecule has 1 aromatic rings. The van der Waals surface area contributed by atoms with Gasteiger partial charge in [-0.05, 0) is 23.6 Å². The van der Waals surface area contributed by atoms with E-state index in [-0.39, 0.29) is 17.7 Å². The number of piperidine rings is 1. The topological polar surface area (TPSA) is 61.9 Å². The van der Waals surface area contributed by atoms with E-state index in [1.165, 1.54) is 11.1 Å². The van der Waals surface area contributed by atoms with Gasteiger partial charge in [-0.15, -0.1) is 0 Å². The number of nitrogens with zero attached hydrogens (tertiary/aromatic N) is 2. The first-order valence-electron chi connectivity index (χ1n) is 9.21. The fourth-order valence-electron chi connectivity index (χ4n) is 3.92. The Balaban J connectivity index is 1.28. The maximum Gasteiger partial charge on any atom is 0.227 e. The average molecular weight is 343 g/mol. The highest BCUT2D eigenvalue weighted by molar-refractivity contribution is 5.83. The molecule has 0 radical (unpaired) electrons. The third-order valence-electron chi connectivity index (χ3n) is 5.46. The Morgan fingerprint density at radius 1 is 1.20 bits per heavy atom. The van der Waals surface area contributed by atoms with Crippen molar-refractivity contribution in [2.24, 2.45) is 5.92 Å². The third kappa shape index (κ3) is 3.63. The van der Waals surface area contributed by atoms with Crippen LogP contribution in [0.15, 0.2) is 18.2 Å². The highest BCUT2D eigenvalue weighted by Gasteiger charge is 2.30. The average Bonchev–Trinajstić information content (AvgIpc) is 3.10. The van der Waals surface area contributed by atoms with Crippen LogP contribution in [0.2, 0.25) is 0 Å². The molecule has 6 heteroatoms. The number of carbonyl (C=O) groups excluding carboxylic acids is 2. The molecule has 0 saturated carbocycles. The van der Waals surface area contributed by atoms with Crippen LogP contribution in [-0.4, -0.2) is 60.9 Å². The van der Waals surface area contributed by atoms with Crippen molar-refractivity contribution in [2.75, 3.05) is 39.3 Å². The van der Waals surface area contributed by atoms with Crippen LogP contribution in [0.1, 0.15) is 24.0 Å². The number of piperazine rings is 1. The van der Waals surface area contributed by atoms with Crippen molar-refractivity contribution in [2.45, 2.75) is 25.8 Å². The molecule has 1 aromatic carbocycles. The van der Waals surface area contributed by atoms with Crippen LogP contribution < -0.4 is 10.1 Å². The Morgan fingerprint density at radius 3 is 2.80 bits per heavy atom. The molecule has 0 unspecified atom stereocenters. The molecule has 3 aliphatic rings. The molecule has 0 spiro atoms. The number of nitrogens with one attached hydrogen (secondary N) is 1. The maximum atomic E-state index is 12.6. The Kier molecular flexibility index (Phi) is 4.61. The molecular formula is C19H25N3O3. The predicted octanol–water partition coefficient (Wildman–Crippen LogP) is 0.792. The van der Waals surface area contributed by atoms with E-state index < -0.39 is 0 Å². The van der Waals surface area contributed by atoms with Gasteiger partial charge in [0.2, 0.25) is 11.8 Å². The fraction of sp³-hybridized carbons (Fsp3) is 0.579. The summed E-state index contributed by atoms with van der Waals surface area (Å²) in [5.74, 6) is 1.25. The highest BCUT2D eigenvalue weighted by atomic mass is 16.5. The molecule has 134 valence electrons. The molecular weight excluding hydrogens is 318 g/mol. The minimum absolute atomic E-state index is 0.0408. The normalized spacial score (nSPS) is 23.8. The van der Waals surface area contributed by atoms with E-state index in [1.807, 2.05) is 4.90 Å². The van der Waals surface area contributed by atoms with E-state index in [9.17, 15) is 9.59 Å². The van der Waals surface area contributed by atoms with Gasteiger partial charge < -0.3 is 15.0 Å². The minimum atomic E-state index is -0.0408. The van der Waals surface area contributed by atoms with Gasteiger partial charge in [0.05, 0.1) is 12.5 Å². The van der Waals surface area contributed by atoms with Crippen LogP contribution in [0.25, 0.3) is 0 Å². The van der Waals surface area contributed by atoms with E-state index in [4.69, 9.17) is 4.74 Å². The SMILES string of the molecule is O=C1CC[C@H](C(=O)N2CCN(Cc3ccc4c(c3)CCO4)CC2)CN1. The molecule has 3 heterocycles. The van der Waals surface area contributed by atoms with Gasteiger partial charge in [-0.25, -0.2) is 0 Å². The van der Waals surface area contributed by atoms with Crippen LogP contribution in [-0.2, 0) is 22.6 Å². The Bertz CT molecular complexity index is 658. The van der Waals surface area contributed by atoms with E-state index in [0.29, 0.717) is 19.4 Å². The molecule has 0 bridgehead atoms. The first-order chi connectivity index (χ1) is 12.2. The summed E-state index contributed by atoms with van der Waals surface area (Å²) in [5.41, 5.74) is 2.63. The highest BCUT2D eigenvalue weighted by Crippen LogP contribution is 2.26. The van der Waals surface area contributed by atoms with Gasteiger partial charge >= 0.3 is 0 Å². The molecule has 0 aromatic heterocycles. The lowest BCUT2D eigenvalue weighted by Gasteiger charge is -2.37. The number of carbonyl (C=O) groups is 2. The molecule has 6 nitrogen and oxygen atoms in total. The first kappa shape index (κ1) is 16.4. The summed E-state index contributed by atoms with van der Waals surface area (Å²) in [7, 11) is 0. The van der Waals surface area contributed by atoms with E-state index in [2.05, 4.69) is 28.4 Å². The summed E-state index contributed by atoms with van der Waals surface area (Å²) in [6.45, 7) is 5.57. The number of benzene rings is 1. The first-order valence-corrected chi connectivity index (χ1v) is 9.21. The van der Waals surface area contributed by atoms with Gasteiger partial charge in [-0.3, -0.25) is 14.5 Å². The van der Waals surface area contributed by atoms with Crippen LogP contribution >= 0.6 is 0 Å². The van der Waals surface area contributed by atoms with Crippen LogP contribution in [0.4, 0.5) is 0 Å². The summed E-state index contributed by atoms with van der Waals surface area (Å²) in [5, 5.41) is 2.81. The maximum absolute atomic E-state index is 12.6. The zero-order valence-corrected chi connectivity index (χ0v) is 14.5. The van der Waals surface area contributed by atoms with Gasteiger partial charge in [0.15, 0.2) is 0 Å². The zero-order chi connectivity index (χ0) is 17.2. The second-order valence-corrected chi connectivity index (χ2v) is 7.18. The zero-order valence-electron chi connectivity index (χ0n) is 14.5. The van der Waals surface area contributed by atoms with Gasteiger partial charge in [0, 0.05) is 52.1 Å². The third-order valence-corrected chi connectivity index (χ3v) is 5.46. The fourth-order valence-corrected chi connectivity index (χ4v) is 3.92. The van der Waals surface area contributed by atoms with Crippen molar-refractivity contribution in [3.05, 3.63) is 29.3 Å². The van der Waals surface area contributed by atoms with Crippen LogP contribution in [0, 0.1) is 5.92 Å². The Morgan fingerprint density at radius 2 is 2.04 bits per heavy atom. The summed E-state index contributed by atoms with van der Waals surface area (Å²) in [6, 6.07) is 6.48. The summed E-state index contributed by atoms with van der Waals surface area (Å²) < 4.78 is 5.56. The second-order valence-electron chi connectivity index (χ2n) is 7.18. The number of hydrogen-bond acceptors (Lipinski definition) is 4. The lowest BCUT2D eigenvalue weighted by Crippen LogP contribution is -2.52. The van der Waals surface area contributed by atoms with Gasteiger partial charge in [0.1, 0.15) is 5.75 Å². The lowest BCUT2D eigenvalue weighted by molar-refractivity contribution is -0.139. The van der Waals surface area contributed by atoms with Gasteiger partial charge in [0.25, 0.3) is 0 Å². The van der Waals surface area contributed by atoms with E-state index in [0.717, 1.165) is 51.5 Å². The van der Waals surface area contributed by atoms with Crippen molar-refractivity contribution in [3.8, 4) is 5.75 Å². The predicted molar refractivity (Wildman–Crippen MR) is 93.2 cm³/mol. The number of hydrogen-bond donors (Lipinski definition) is 1. The number of ether oxygens (including phenoxy) is 1. The molecule has 2 saturated heterocycles. The van der Waals surface area contributed by atoms with Crippen molar-refractivity contribution in [1.29, 1.82) is 0 Å². The van der Waals surface area contributed by atoms with Crippen LogP contribution in [0.5, 0.6) is 5.75 Å².